The van der Waals surface area contributed by atoms with Gasteiger partial charge in [-0.3, -0.25) is 0 Å². The molecule has 0 amide bonds. The summed E-state index contributed by atoms with van der Waals surface area (Å²) in [6.07, 6.45) is 2.83. The molecule has 0 spiro atoms. The Morgan fingerprint density at radius 3 is 1.50 bits per heavy atom. The average molecular weight is 347 g/mol. The molecule has 0 aliphatic heterocycles. The van der Waals surface area contributed by atoms with Crippen LogP contribution >= 0.6 is 0 Å². The maximum Gasteiger partial charge on any atom is 0.137 e. The predicted octanol–water partition coefficient (Wildman–Crippen LogP) is 6.09. The summed E-state index contributed by atoms with van der Waals surface area (Å²) in [5.74, 6) is 0.426. The van der Waals surface area contributed by atoms with Crippen LogP contribution in [0.4, 0.5) is 0 Å². The lowest BCUT2D eigenvalue weighted by atomic mass is 9.74. The van der Waals surface area contributed by atoms with E-state index in [1.165, 1.54) is 0 Å². The number of hydrogen-bond acceptors (Lipinski definition) is 4. The first-order valence-corrected chi connectivity index (χ1v) is 9.47. The van der Waals surface area contributed by atoms with Gasteiger partial charge < -0.3 is 0 Å². The van der Waals surface area contributed by atoms with Crippen LogP contribution in [-0.2, 0) is 19.6 Å². The highest BCUT2D eigenvalue weighted by Crippen LogP contribution is 2.39. The molecule has 0 bridgehead atoms. The Morgan fingerprint density at radius 2 is 1.17 bits per heavy atom. The third kappa shape index (κ3) is 7.81. The number of unbranched alkanes of at least 4 members (excludes halogenated alkanes) is 1. The molecular formula is C20H42O4. The van der Waals surface area contributed by atoms with Crippen molar-refractivity contribution in [1.82, 2.24) is 0 Å². The lowest BCUT2D eigenvalue weighted by Crippen LogP contribution is -2.56. The van der Waals surface area contributed by atoms with Gasteiger partial charge in [-0.05, 0) is 59.8 Å². The maximum absolute atomic E-state index is 6.14. The molecule has 0 aliphatic carbocycles. The first-order valence-electron chi connectivity index (χ1n) is 9.47. The van der Waals surface area contributed by atoms with Gasteiger partial charge in [0.25, 0.3) is 0 Å². The van der Waals surface area contributed by atoms with E-state index in [-0.39, 0.29) is 29.1 Å². The van der Waals surface area contributed by atoms with Crippen LogP contribution in [0.1, 0.15) is 95.4 Å². The molecule has 1 unspecified atom stereocenters. The Labute approximate surface area is 150 Å². The van der Waals surface area contributed by atoms with Crippen molar-refractivity contribution in [2.24, 2.45) is 11.8 Å². The molecule has 0 aromatic carbocycles. The summed E-state index contributed by atoms with van der Waals surface area (Å²) in [5, 5.41) is 0. The second-order valence-electron chi connectivity index (χ2n) is 9.36. The van der Waals surface area contributed by atoms with Crippen molar-refractivity contribution in [1.29, 1.82) is 0 Å². The second-order valence-corrected chi connectivity index (χ2v) is 9.36. The minimum atomic E-state index is -0.576. The van der Waals surface area contributed by atoms with E-state index in [4.69, 9.17) is 19.6 Å². The van der Waals surface area contributed by atoms with Gasteiger partial charge in [-0.25, -0.2) is 19.6 Å². The molecule has 0 aromatic rings. The van der Waals surface area contributed by atoms with Crippen LogP contribution in [0.25, 0.3) is 0 Å². The van der Waals surface area contributed by atoms with Gasteiger partial charge in [0.05, 0.1) is 11.2 Å². The fourth-order valence-electron chi connectivity index (χ4n) is 2.79. The van der Waals surface area contributed by atoms with Gasteiger partial charge in [0.15, 0.2) is 0 Å². The standard InChI is InChI=1S/C20H42O4/c1-12-13-14-17(21-22-18(6,7)8)20(15(2)3,16(4)5)24-23-19(9,10)11/h15-17H,12-14H2,1-11H3. The van der Waals surface area contributed by atoms with E-state index < -0.39 is 5.60 Å². The van der Waals surface area contributed by atoms with Crippen LogP contribution in [0.15, 0.2) is 0 Å². The van der Waals surface area contributed by atoms with E-state index in [9.17, 15) is 0 Å². The largest absolute Gasteiger partial charge is 0.231 e. The topological polar surface area (TPSA) is 36.9 Å². The van der Waals surface area contributed by atoms with Gasteiger partial charge >= 0.3 is 0 Å². The van der Waals surface area contributed by atoms with Crippen molar-refractivity contribution < 1.29 is 19.6 Å². The van der Waals surface area contributed by atoms with Gasteiger partial charge in [0.2, 0.25) is 0 Å². The van der Waals surface area contributed by atoms with Crippen molar-refractivity contribution in [3.8, 4) is 0 Å². The van der Waals surface area contributed by atoms with Gasteiger partial charge in [-0.1, -0.05) is 47.5 Å². The molecule has 0 saturated heterocycles. The quantitative estimate of drug-likeness (QED) is 0.354. The summed E-state index contributed by atoms with van der Waals surface area (Å²) in [4.78, 5) is 23.6. The van der Waals surface area contributed by atoms with Gasteiger partial charge in [-0.15, -0.1) is 0 Å². The average Bonchev–Trinajstić information content (AvgIpc) is 2.38. The molecule has 146 valence electrons. The van der Waals surface area contributed by atoms with E-state index in [0.717, 1.165) is 19.3 Å². The molecule has 0 fully saturated rings. The summed E-state index contributed by atoms with van der Waals surface area (Å²) < 4.78 is 0. The second kappa shape index (κ2) is 9.51. The molecule has 0 radical (unpaired) electrons. The zero-order chi connectivity index (χ0) is 19.2. The van der Waals surface area contributed by atoms with Crippen molar-refractivity contribution >= 4 is 0 Å². The summed E-state index contributed by atoms with van der Waals surface area (Å²) in [6, 6.07) is 0. The summed E-state index contributed by atoms with van der Waals surface area (Å²) in [6.45, 7) is 22.8. The Morgan fingerprint density at radius 1 is 0.708 bits per heavy atom. The third-order valence-electron chi connectivity index (χ3n) is 3.98. The summed E-state index contributed by atoms with van der Waals surface area (Å²) in [7, 11) is 0. The van der Waals surface area contributed by atoms with Crippen LogP contribution in [0.3, 0.4) is 0 Å². The Kier molecular flexibility index (Phi) is 9.45. The van der Waals surface area contributed by atoms with Gasteiger partial charge in [-0.2, -0.15) is 0 Å². The van der Waals surface area contributed by atoms with Gasteiger partial charge in [0, 0.05) is 0 Å². The SMILES string of the molecule is CCCCC(OOC(C)(C)C)C(OOC(C)(C)C)(C(C)C)C(C)C. The first kappa shape index (κ1) is 23.8. The monoisotopic (exact) mass is 346 g/mol. The number of rotatable bonds is 10. The van der Waals surface area contributed by atoms with E-state index in [0.29, 0.717) is 0 Å². The normalized spacial score (nSPS) is 15.4. The van der Waals surface area contributed by atoms with Crippen molar-refractivity contribution in [2.45, 2.75) is 118 Å². The highest BCUT2D eigenvalue weighted by molar-refractivity contribution is 4.94. The number of hydrogen-bond donors (Lipinski definition) is 0. The molecular weight excluding hydrogens is 304 g/mol. The van der Waals surface area contributed by atoms with Crippen LogP contribution in [0.2, 0.25) is 0 Å². The molecule has 4 nitrogen and oxygen atoms in total. The predicted molar refractivity (Wildman–Crippen MR) is 99.6 cm³/mol. The highest BCUT2D eigenvalue weighted by atomic mass is 17.2. The summed E-state index contributed by atoms with van der Waals surface area (Å²) >= 11 is 0. The zero-order valence-electron chi connectivity index (χ0n) is 18.0. The van der Waals surface area contributed by atoms with Crippen molar-refractivity contribution in [2.75, 3.05) is 0 Å². The van der Waals surface area contributed by atoms with Crippen molar-refractivity contribution in [3.05, 3.63) is 0 Å². The molecule has 0 rings (SSSR count). The zero-order valence-corrected chi connectivity index (χ0v) is 18.0. The van der Waals surface area contributed by atoms with E-state index in [1.807, 2.05) is 41.5 Å². The van der Waals surface area contributed by atoms with Crippen LogP contribution in [0.5, 0.6) is 0 Å². The Balaban J connectivity index is 5.59. The van der Waals surface area contributed by atoms with Crippen LogP contribution in [0, 0.1) is 11.8 Å². The molecule has 4 heteroatoms. The van der Waals surface area contributed by atoms with Crippen LogP contribution in [-0.4, -0.2) is 22.9 Å². The molecule has 24 heavy (non-hydrogen) atoms. The lowest BCUT2D eigenvalue weighted by molar-refractivity contribution is -0.473. The minimum Gasteiger partial charge on any atom is -0.231 e. The van der Waals surface area contributed by atoms with Crippen molar-refractivity contribution in [3.63, 3.8) is 0 Å². The smallest absolute Gasteiger partial charge is 0.137 e. The molecule has 0 aromatic heterocycles. The molecule has 1 atom stereocenters. The molecule has 0 aliphatic rings. The van der Waals surface area contributed by atoms with E-state index >= 15 is 0 Å². The molecule has 0 saturated carbocycles. The fourth-order valence-corrected chi connectivity index (χ4v) is 2.79. The Hall–Kier alpha value is -0.160. The third-order valence-corrected chi connectivity index (χ3v) is 3.98. The molecule has 0 N–H and O–H groups in total. The van der Waals surface area contributed by atoms with Gasteiger partial charge in [0.1, 0.15) is 11.7 Å². The molecule has 0 heterocycles. The fraction of sp³-hybridized carbons (Fsp3) is 1.00. The maximum atomic E-state index is 6.14. The minimum absolute atomic E-state index is 0.195. The first-order chi connectivity index (χ1) is 10.8. The van der Waals surface area contributed by atoms with E-state index in [2.05, 4.69) is 34.6 Å². The Bertz CT molecular complexity index is 329. The van der Waals surface area contributed by atoms with E-state index in [1.54, 1.807) is 0 Å². The van der Waals surface area contributed by atoms with Crippen LogP contribution < -0.4 is 0 Å². The lowest BCUT2D eigenvalue weighted by Gasteiger charge is -2.46. The summed E-state index contributed by atoms with van der Waals surface area (Å²) in [5.41, 5.74) is -1.32. The highest BCUT2D eigenvalue weighted by Gasteiger charge is 2.49.